The van der Waals surface area contributed by atoms with Crippen molar-refractivity contribution in [3.63, 3.8) is 0 Å². The van der Waals surface area contributed by atoms with Crippen LogP contribution in [0.25, 0.3) is 0 Å². The van der Waals surface area contributed by atoms with Crippen LogP contribution < -0.4 is 18.9 Å². The topological polar surface area (TPSA) is 154 Å². The van der Waals surface area contributed by atoms with E-state index in [4.69, 9.17) is 13.7 Å². The lowest BCUT2D eigenvalue weighted by atomic mass is 10.1. The molecule has 0 aliphatic carbocycles. The van der Waals surface area contributed by atoms with Gasteiger partial charge in [-0.1, -0.05) is 0 Å². The summed E-state index contributed by atoms with van der Waals surface area (Å²) in [5.41, 5.74) is 3.01. The van der Waals surface area contributed by atoms with E-state index in [0.29, 0.717) is 39.3 Å². The van der Waals surface area contributed by atoms with Crippen molar-refractivity contribution in [2.45, 2.75) is 49.3 Å². The molecule has 3 aromatic rings. The Balaban J connectivity index is 1.67. The molecule has 41 heavy (non-hydrogen) atoms. The first-order chi connectivity index (χ1) is 19.1. The lowest BCUT2D eigenvalue weighted by molar-refractivity contribution is 0.322. The molecule has 0 aliphatic heterocycles. The summed E-state index contributed by atoms with van der Waals surface area (Å²) in [6.07, 6.45) is 0. The quantitative estimate of drug-likeness (QED) is 0.226. The van der Waals surface area contributed by atoms with E-state index in [1.807, 2.05) is 0 Å². The average Bonchev–Trinajstić information content (AvgIpc) is 2.90. The first-order valence-corrected chi connectivity index (χ1v) is 16.7. The van der Waals surface area contributed by atoms with Crippen LogP contribution in [-0.4, -0.2) is 52.6 Å². The first-order valence-electron chi connectivity index (χ1n) is 12.4. The van der Waals surface area contributed by atoms with Crippen molar-refractivity contribution >= 4 is 35.9 Å². The van der Waals surface area contributed by atoms with Crippen molar-refractivity contribution in [1.29, 1.82) is 0 Å². The van der Waals surface area contributed by atoms with E-state index in [2.05, 4.69) is 9.44 Å². The predicted molar refractivity (Wildman–Crippen MR) is 155 cm³/mol. The number of aryl methyl sites for hydroxylation is 1. The Bertz CT molecular complexity index is 1770. The van der Waals surface area contributed by atoms with Crippen molar-refractivity contribution in [2.75, 3.05) is 32.1 Å². The number of nitrogens with one attached hydrogen (secondary N) is 2. The fourth-order valence-electron chi connectivity index (χ4n) is 4.29. The normalized spacial score (nSPS) is 12.3. The minimum Gasteiger partial charge on any atom is -0.496 e. The zero-order valence-corrected chi connectivity index (χ0v) is 26.3. The van der Waals surface area contributed by atoms with Crippen LogP contribution in [0.3, 0.4) is 0 Å². The molecule has 0 bridgehead atoms. The molecule has 2 N–H and O–H groups in total. The van der Waals surface area contributed by atoms with Crippen molar-refractivity contribution in [1.82, 2.24) is 4.72 Å². The zero-order valence-electron chi connectivity index (χ0n) is 23.9. The Labute approximate surface area is 242 Å². The molecular formula is C27H34N2O9S3. The molecule has 0 saturated heterocycles. The first kappa shape index (κ1) is 32.3. The van der Waals surface area contributed by atoms with E-state index in [0.717, 1.165) is 0 Å². The molecule has 14 heteroatoms. The molecule has 0 aromatic heterocycles. The van der Waals surface area contributed by atoms with Crippen LogP contribution in [0, 0.1) is 34.6 Å². The molecule has 0 spiro atoms. The third-order valence-corrected chi connectivity index (χ3v) is 11.3. The van der Waals surface area contributed by atoms with Gasteiger partial charge in [0.05, 0.1) is 35.5 Å². The monoisotopic (exact) mass is 626 g/mol. The Kier molecular flexibility index (Phi) is 9.76. The maximum Gasteiger partial charge on any atom is 0.297 e. The number of hydrogen-bond donors (Lipinski definition) is 2. The molecule has 3 aromatic carbocycles. The Morgan fingerprint density at radius 3 is 1.85 bits per heavy atom. The minimum absolute atomic E-state index is 0.0353. The summed E-state index contributed by atoms with van der Waals surface area (Å²) < 4.78 is 97.3. The molecule has 0 saturated carbocycles. The second kappa shape index (κ2) is 12.4. The second-order valence-corrected chi connectivity index (χ2v) is 14.3. The summed E-state index contributed by atoms with van der Waals surface area (Å²) in [4.78, 5) is -0.0615. The van der Waals surface area contributed by atoms with Gasteiger partial charge < -0.3 is 9.47 Å². The number of anilines is 1. The SMILES string of the molecule is COc1ccc(S(=O)(=O)OCCNS(=O)(=O)c2ccc(NS(=O)(=O)c3c(C)cc(OC)c(C)c3C)cc2)c(C)c1C. The summed E-state index contributed by atoms with van der Waals surface area (Å²) >= 11 is 0. The van der Waals surface area contributed by atoms with Crippen LogP contribution in [0.2, 0.25) is 0 Å². The summed E-state index contributed by atoms with van der Waals surface area (Å²) in [5.74, 6) is 1.11. The molecule has 0 radical (unpaired) electrons. The van der Waals surface area contributed by atoms with Crippen LogP contribution >= 0.6 is 0 Å². The lowest BCUT2D eigenvalue weighted by Gasteiger charge is -2.17. The van der Waals surface area contributed by atoms with Crippen LogP contribution in [0.4, 0.5) is 5.69 Å². The van der Waals surface area contributed by atoms with Crippen molar-refractivity contribution in [3.05, 3.63) is 70.3 Å². The van der Waals surface area contributed by atoms with Gasteiger partial charge in [-0.05, 0) is 105 Å². The third kappa shape index (κ3) is 7.01. The number of sulfonamides is 2. The molecule has 224 valence electrons. The summed E-state index contributed by atoms with van der Waals surface area (Å²) in [6, 6.07) is 9.65. The van der Waals surface area contributed by atoms with Crippen LogP contribution in [0.15, 0.2) is 57.2 Å². The number of benzene rings is 3. The highest BCUT2D eigenvalue weighted by atomic mass is 32.2. The van der Waals surface area contributed by atoms with Gasteiger partial charge in [-0.2, -0.15) is 8.42 Å². The Morgan fingerprint density at radius 2 is 1.27 bits per heavy atom. The van der Waals surface area contributed by atoms with E-state index >= 15 is 0 Å². The smallest absolute Gasteiger partial charge is 0.297 e. The fraction of sp³-hybridized carbons (Fsp3) is 0.333. The van der Waals surface area contributed by atoms with Crippen molar-refractivity contribution in [3.8, 4) is 11.5 Å². The van der Waals surface area contributed by atoms with Crippen LogP contribution in [0.5, 0.6) is 11.5 Å². The molecule has 0 unspecified atom stereocenters. The largest absolute Gasteiger partial charge is 0.496 e. The van der Waals surface area contributed by atoms with Gasteiger partial charge >= 0.3 is 0 Å². The summed E-state index contributed by atoms with van der Waals surface area (Å²) in [7, 11) is -9.17. The molecule has 0 atom stereocenters. The molecule has 11 nitrogen and oxygen atoms in total. The molecule has 3 rings (SSSR count). The van der Waals surface area contributed by atoms with Crippen molar-refractivity contribution in [2.24, 2.45) is 0 Å². The molecule has 0 heterocycles. The molecule has 0 aliphatic rings. The Hall–Kier alpha value is -3.17. The predicted octanol–water partition coefficient (Wildman–Crippen LogP) is 3.73. The Morgan fingerprint density at radius 1 is 0.683 bits per heavy atom. The van der Waals surface area contributed by atoms with E-state index in [1.54, 1.807) is 40.7 Å². The summed E-state index contributed by atoms with van der Waals surface area (Å²) in [6.45, 7) is 7.71. The van der Waals surface area contributed by atoms with Gasteiger partial charge in [-0.3, -0.25) is 8.91 Å². The van der Waals surface area contributed by atoms with Gasteiger partial charge in [0.2, 0.25) is 10.0 Å². The highest BCUT2D eigenvalue weighted by Gasteiger charge is 2.24. The average molecular weight is 627 g/mol. The van der Waals surface area contributed by atoms with Gasteiger partial charge in [0.1, 0.15) is 11.5 Å². The van der Waals surface area contributed by atoms with E-state index in [9.17, 15) is 25.3 Å². The summed E-state index contributed by atoms with van der Waals surface area (Å²) in [5, 5.41) is 0. The van der Waals surface area contributed by atoms with Gasteiger partial charge in [-0.15, -0.1) is 0 Å². The van der Waals surface area contributed by atoms with Gasteiger partial charge in [-0.25, -0.2) is 21.6 Å². The number of methoxy groups -OCH3 is 2. The number of ether oxygens (including phenoxy) is 2. The number of rotatable bonds is 12. The maximum absolute atomic E-state index is 13.2. The fourth-order valence-corrected chi connectivity index (χ4v) is 8.09. The van der Waals surface area contributed by atoms with Crippen LogP contribution in [-0.2, 0) is 34.3 Å². The van der Waals surface area contributed by atoms with Crippen molar-refractivity contribution < 1.29 is 38.9 Å². The van der Waals surface area contributed by atoms with E-state index < -0.39 is 36.8 Å². The molecular weight excluding hydrogens is 593 g/mol. The highest BCUT2D eigenvalue weighted by molar-refractivity contribution is 7.92. The molecule has 0 amide bonds. The van der Waals surface area contributed by atoms with E-state index in [-0.39, 0.29) is 26.9 Å². The maximum atomic E-state index is 13.2. The standard InChI is InChI=1S/C27H34N2O9S3/c1-17-16-25(37-7)19(3)21(5)27(17)40(32,33)29-22-8-10-23(11-9-22)39(30,31)28-14-15-38-41(34,35)26-13-12-24(36-6)18(2)20(26)4/h8-13,16,28-29H,14-15H2,1-7H3. The van der Waals surface area contributed by atoms with Gasteiger partial charge in [0, 0.05) is 12.2 Å². The molecule has 0 fully saturated rings. The zero-order chi connectivity index (χ0) is 30.8. The minimum atomic E-state index is -4.14. The lowest BCUT2D eigenvalue weighted by Crippen LogP contribution is -2.28. The van der Waals surface area contributed by atoms with Gasteiger partial charge in [0.15, 0.2) is 0 Å². The van der Waals surface area contributed by atoms with Gasteiger partial charge in [0.25, 0.3) is 20.1 Å². The highest BCUT2D eigenvalue weighted by Crippen LogP contribution is 2.32. The van der Waals surface area contributed by atoms with E-state index in [1.165, 1.54) is 50.6 Å². The second-order valence-electron chi connectivity index (χ2n) is 9.29. The number of hydrogen-bond acceptors (Lipinski definition) is 9. The van der Waals surface area contributed by atoms with Crippen LogP contribution in [0.1, 0.15) is 27.8 Å². The third-order valence-electron chi connectivity index (χ3n) is 6.69.